The second-order valence-electron chi connectivity index (χ2n) is 6.36. The Kier molecular flexibility index (Phi) is 5.87. The Hall–Kier alpha value is -1.71. The highest BCUT2D eigenvalue weighted by atomic mass is 35.5. The zero-order valence-electron chi connectivity index (χ0n) is 14.3. The van der Waals surface area contributed by atoms with E-state index in [-0.39, 0.29) is 5.91 Å². The van der Waals surface area contributed by atoms with Crippen LogP contribution in [-0.2, 0) is 13.1 Å². The molecule has 0 saturated heterocycles. The van der Waals surface area contributed by atoms with Crippen molar-refractivity contribution in [2.45, 2.75) is 39.3 Å². The number of carbonyl (C=O) groups is 1. The summed E-state index contributed by atoms with van der Waals surface area (Å²) >= 11 is 12.4. The molecule has 0 radical (unpaired) electrons. The lowest BCUT2D eigenvalue weighted by Gasteiger charge is -2.14. The third-order valence-electron chi connectivity index (χ3n) is 4.55. The second kappa shape index (κ2) is 8.11. The number of rotatable bonds is 7. The van der Waals surface area contributed by atoms with E-state index in [1.54, 1.807) is 0 Å². The third-order valence-corrected chi connectivity index (χ3v) is 5.26. The summed E-state index contributed by atoms with van der Waals surface area (Å²) in [4.78, 5) is 14.5. The number of benzene rings is 2. The molecule has 1 heterocycles. The van der Waals surface area contributed by atoms with Crippen LogP contribution in [0.2, 0.25) is 10.0 Å². The van der Waals surface area contributed by atoms with E-state index in [1.807, 2.05) is 41.3 Å². The second-order valence-corrected chi connectivity index (χ2v) is 7.17. The molecular weight excluding hydrogens is 355 g/mol. The summed E-state index contributed by atoms with van der Waals surface area (Å²) < 4.78 is 0. The van der Waals surface area contributed by atoms with Crippen molar-refractivity contribution in [2.75, 3.05) is 11.9 Å². The van der Waals surface area contributed by atoms with Crippen molar-refractivity contribution >= 4 is 34.8 Å². The van der Waals surface area contributed by atoms with E-state index in [0.29, 0.717) is 23.1 Å². The van der Waals surface area contributed by atoms with E-state index in [2.05, 4.69) is 12.2 Å². The Bertz CT molecular complexity index is 756. The van der Waals surface area contributed by atoms with Crippen LogP contribution < -0.4 is 5.32 Å². The molecule has 2 aromatic rings. The Morgan fingerprint density at radius 3 is 2.60 bits per heavy atom. The van der Waals surface area contributed by atoms with Crippen molar-refractivity contribution in [3.8, 4) is 0 Å². The zero-order chi connectivity index (χ0) is 17.8. The molecule has 0 aliphatic carbocycles. The van der Waals surface area contributed by atoms with Gasteiger partial charge in [-0.3, -0.25) is 4.79 Å². The first-order valence-corrected chi connectivity index (χ1v) is 9.44. The number of hydrogen-bond acceptors (Lipinski definition) is 2. The van der Waals surface area contributed by atoms with Crippen LogP contribution in [0.4, 0.5) is 5.69 Å². The molecule has 1 amide bonds. The highest BCUT2D eigenvalue weighted by Gasteiger charge is 2.26. The van der Waals surface area contributed by atoms with Gasteiger partial charge >= 0.3 is 0 Å². The van der Waals surface area contributed by atoms with Crippen LogP contribution in [0.25, 0.3) is 0 Å². The molecule has 0 spiro atoms. The number of nitrogens with zero attached hydrogens (tertiary/aromatic N) is 1. The number of amides is 1. The van der Waals surface area contributed by atoms with Crippen molar-refractivity contribution in [3.63, 3.8) is 0 Å². The predicted octanol–water partition coefficient (Wildman–Crippen LogP) is 5.75. The summed E-state index contributed by atoms with van der Waals surface area (Å²) in [5, 5.41) is 4.60. The monoisotopic (exact) mass is 376 g/mol. The van der Waals surface area contributed by atoms with Crippen molar-refractivity contribution in [1.82, 2.24) is 4.90 Å². The van der Waals surface area contributed by atoms with E-state index < -0.39 is 0 Å². The molecule has 0 fully saturated rings. The van der Waals surface area contributed by atoms with Gasteiger partial charge in [-0.2, -0.15) is 0 Å². The molecule has 0 unspecified atom stereocenters. The first-order valence-electron chi connectivity index (χ1n) is 8.69. The number of unbranched alkanes of at least 4 members (excludes halogenated alkanes) is 2. The fraction of sp³-hybridized carbons (Fsp3) is 0.350. The molecule has 132 valence electrons. The lowest BCUT2D eigenvalue weighted by atomic mass is 10.1. The summed E-state index contributed by atoms with van der Waals surface area (Å²) in [7, 11) is 0. The number of nitrogens with one attached hydrogen (secondary N) is 1. The van der Waals surface area contributed by atoms with Gasteiger partial charge in [0.1, 0.15) is 0 Å². The smallest absolute Gasteiger partial charge is 0.254 e. The van der Waals surface area contributed by atoms with Gasteiger partial charge in [0.05, 0.1) is 0 Å². The molecule has 3 nitrogen and oxygen atoms in total. The molecule has 25 heavy (non-hydrogen) atoms. The quantitative estimate of drug-likeness (QED) is 0.623. The van der Waals surface area contributed by atoms with Gasteiger partial charge in [0.15, 0.2) is 0 Å². The van der Waals surface area contributed by atoms with Crippen LogP contribution in [0.3, 0.4) is 0 Å². The Morgan fingerprint density at radius 1 is 1.12 bits per heavy atom. The van der Waals surface area contributed by atoms with Crippen molar-refractivity contribution < 1.29 is 4.79 Å². The minimum atomic E-state index is 0.130. The van der Waals surface area contributed by atoms with Gasteiger partial charge < -0.3 is 10.2 Å². The average molecular weight is 377 g/mol. The molecule has 0 aromatic heterocycles. The lowest BCUT2D eigenvalue weighted by Crippen LogP contribution is -2.24. The van der Waals surface area contributed by atoms with E-state index in [0.717, 1.165) is 48.2 Å². The Morgan fingerprint density at radius 2 is 1.88 bits per heavy atom. The number of fused-ring (bicyclic) bond motifs is 1. The summed E-state index contributed by atoms with van der Waals surface area (Å²) in [5.74, 6) is 0.130. The van der Waals surface area contributed by atoms with Crippen LogP contribution in [0.1, 0.15) is 47.7 Å². The molecule has 2 aromatic carbocycles. The predicted molar refractivity (Wildman–Crippen MR) is 104 cm³/mol. The highest BCUT2D eigenvalue weighted by Crippen LogP contribution is 2.28. The molecule has 0 bridgehead atoms. The summed E-state index contributed by atoms with van der Waals surface area (Å²) in [6.07, 6.45) is 3.38. The standard InChI is InChI=1S/C20H22Cl2N2O/c1-2-3-4-10-24-13-14-8-9-15(11-16(14)20(24)25)23-12-17-18(21)6-5-7-19(17)22/h5-9,11,23H,2-4,10,12-13H2,1H3. The minimum absolute atomic E-state index is 0.130. The molecule has 1 N–H and O–H groups in total. The van der Waals surface area contributed by atoms with E-state index in [1.165, 1.54) is 0 Å². The van der Waals surface area contributed by atoms with Crippen LogP contribution in [-0.4, -0.2) is 17.4 Å². The maximum absolute atomic E-state index is 12.6. The largest absolute Gasteiger partial charge is 0.381 e. The van der Waals surface area contributed by atoms with Crippen LogP contribution in [0.5, 0.6) is 0 Å². The molecule has 0 saturated carbocycles. The first-order chi connectivity index (χ1) is 12.1. The maximum atomic E-state index is 12.6. The number of anilines is 1. The number of carbonyl (C=O) groups excluding carboxylic acids is 1. The third kappa shape index (κ3) is 4.10. The molecule has 1 aliphatic heterocycles. The molecule has 5 heteroatoms. The number of hydrogen-bond donors (Lipinski definition) is 1. The van der Waals surface area contributed by atoms with Crippen molar-refractivity contribution in [3.05, 3.63) is 63.1 Å². The van der Waals surface area contributed by atoms with Crippen molar-refractivity contribution in [2.24, 2.45) is 0 Å². The molecule has 0 atom stereocenters. The van der Waals surface area contributed by atoms with Crippen LogP contribution >= 0.6 is 23.2 Å². The van der Waals surface area contributed by atoms with Gasteiger partial charge in [-0.1, -0.05) is 55.1 Å². The highest BCUT2D eigenvalue weighted by molar-refractivity contribution is 6.36. The minimum Gasteiger partial charge on any atom is -0.381 e. The van der Waals surface area contributed by atoms with Crippen LogP contribution in [0.15, 0.2) is 36.4 Å². The first kappa shape index (κ1) is 18.1. The van der Waals surface area contributed by atoms with Gasteiger partial charge in [-0.15, -0.1) is 0 Å². The fourth-order valence-corrected chi connectivity index (χ4v) is 3.63. The fourth-order valence-electron chi connectivity index (χ4n) is 3.10. The topological polar surface area (TPSA) is 32.3 Å². The molecular formula is C20H22Cl2N2O. The molecule has 1 aliphatic rings. The zero-order valence-corrected chi connectivity index (χ0v) is 15.8. The summed E-state index contributed by atoms with van der Waals surface area (Å²) in [5.41, 5.74) is 3.66. The summed E-state index contributed by atoms with van der Waals surface area (Å²) in [6.45, 7) is 4.24. The average Bonchev–Trinajstić information content (AvgIpc) is 2.91. The van der Waals surface area contributed by atoms with Gasteiger partial charge in [-0.25, -0.2) is 0 Å². The summed E-state index contributed by atoms with van der Waals surface area (Å²) in [6, 6.07) is 11.4. The normalized spacial score (nSPS) is 13.2. The van der Waals surface area contributed by atoms with E-state index in [9.17, 15) is 4.79 Å². The lowest BCUT2D eigenvalue weighted by molar-refractivity contribution is 0.0775. The number of halogens is 2. The SMILES string of the molecule is CCCCCN1Cc2ccc(NCc3c(Cl)cccc3Cl)cc2C1=O. The molecule has 3 rings (SSSR count). The van der Waals surface area contributed by atoms with Crippen molar-refractivity contribution in [1.29, 1.82) is 0 Å². The maximum Gasteiger partial charge on any atom is 0.254 e. The van der Waals surface area contributed by atoms with Crippen LogP contribution in [0, 0.1) is 0 Å². The van der Waals surface area contributed by atoms with Gasteiger partial charge in [0, 0.05) is 46.5 Å². The Labute approximate surface area is 158 Å². The van der Waals surface area contributed by atoms with Gasteiger partial charge in [0.25, 0.3) is 5.91 Å². The van der Waals surface area contributed by atoms with E-state index >= 15 is 0 Å². The van der Waals surface area contributed by atoms with Gasteiger partial charge in [-0.05, 0) is 36.2 Å². The van der Waals surface area contributed by atoms with Gasteiger partial charge in [0.2, 0.25) is 0 Å². The Balaban J connectivity index is 1.68. The van der Waals surface area contributed by atoms with E-state index in [4.69, 9.17) is 23.2 Å².